The molecule has 0 unspecified atom stereocenters. The topological polar surface area (TPSA) is 82.6 Å². The Morgan fingerprint density at radius 2 is 2.22 bits per heavy atom. The van der Waals surface area contributed by atoms with Crippen molar-refractivity contribution < 1.29 is 13.2 Å². The zero-order chi connectivity index (χ0) is 16.6. The summed E-state index contributed by atoms with van der Waals surface area (Å²) >= 11 is 1.47. The molecule has 0 radical (unpaired) electrons. The molecule has 9 heteroatoms. The van der Waals surface area contributed by atoms with Gasteiger partial charge < -0.3 is 10.2 Å². The molecule has 7 nitrogen and oxygen atoms in total. The van der Waals surface area contributed by atoms with Crippen molar-refractivity contribution in [2.24, 2.45) is 0 Å². The van der Waals surface area contributed by atoms with Gasteiger partial charge in [0.15, 0.2) is 0 Å². The van der Waals surface area contributed by atoms with Crippen molar-refractivity contribution in [3.05, 3.63) is 23.7 Å². The fourth-order valence-electron chi connectivity index (χ4n) is 2.78. The summed E-state index contributed by atoms with van der Waals surface area (Å²) in [7, 11) is -3.23. The molecule has 1 aliphatic rings. The monoisotopic (exact) mass is 354 g/mol. The smallest absolute Gasteiger partial charge is 0.321 e. The van der Waals surface area contributed by atoms with Crippen molar-refractivity contribution >= 4 is 43.3 Å². The third-order valence-electron chi connectivity index (χ3n) is 3.87. The van der Waals surface area contributed by atoms with E-state index in [1.165, 1.54) is 21.9 Å². The Bertz CT molecular complexity index is 833. The average molecular weight is 354 g/mol. The Morgan fingerprint density at radius 1 is 1.43 bits per heavy atom. The standard InChI is InChI=1S/C14H18N4O3S2/c1-10-8-17(6-7-18(10)23(2,20)21)14(19)16-12-9-22-13-11(12)4-3-5-15-13/h3-5,9-10H,6-8H2,1-2H3,(H,16,19)/t10-/m0/s1. The maximum atomic E-state index is 12.4. The molecule has 0 aliphatic carbocycles. The molecular formula is C14H18N4O3S2. The van der Waals surface area contributed by atoms with Gasteiger partial charge in [-0.1, -0.05) is 0 Å². The fraction of sp³-hybridized carbons (Fsp3) is 0.429. The third-order valence-corrected chi connectivity index (χ3v) is 6.17. The number of anilines is 1. The zero-order valence-electron chi connectivity index (χ0n) is 12.9. The minimum absolute atomic E-state index is 0.214. The lowest BCUT2D eigenvalue weighted by Crippen LogP contribution is -2.55. The van der Waals surface area contributed by atoms with E-state index >= 15 is 0 Å². The van der Waals surface area contributed by atoms with E-state index in [4.69, 9.17) is 0 Å². The highest BCUT2D eigenvalue weighted by atomic mass is 32.2. The Balaban J connectivity index is 1.70. The summed E-state index contributed by atoms with van der Waals surface area (Å²) in [6.07, 6.45) is 2.92. The highest BCUT2D eigenvalue weighted by molar-refractivity contribution is 7.88. The van der Waals surface area contributed by atoms with Crippen LogP contribution in [0.4, 0.5) is 10.5 Å². The van der Waals surface area contributed by atoms with Gasteiger partial charge >= 0.3 is 6.03 Å². The van der Waals surface area contributed by atoms with Crippen molar-refractivity contribution in [2.75, 3.05) is 31.2 Å². The first kappa shape index (κ1) is 16.2. The van der Waals surface area contributed by atoms with Gasteiger partial charge in [0.25, 0.3) is 0 Å². The second-order valence-electron chi connectivity index (χ2n) is 5.60. The maximum Gasteiger partial charge on any atom is 0.321 e. The van der Waals surface area contributed by atoms with Gasteiger partial charge in [-0.2, -0.15) is 4.31 Å². The van der Waals surface area contributed by atoms with Crippen molar-refractivity contribution in [1.82, 2.24) is 14.2 Å². The van der Waals surface area contributed by atoms with E-state index in [0.717, 1.165) is 15.9 Å². The summed E-state index contributed by atoms with van der Waals surface area (Å²) in [6, 6.07) is 3.30. The summed E-state index contributed by atoms with van der Waals surface area (Å²) in [5.74, 6) is 0. The number of pyridine rings is 1. The number of carbonyl (C=O) groups excluding carboxylic acids is 1. The number of rotatable bonds is 2. The second kappa shape index (κ2) is 6.06. The summed E-state index contributed by atoms with van der Waals surface area (Å²) in [4.78, 5) is 19.2. The quantitative estimate of drug-likeness (QED) is 0.891. The Labute approximate surface area is 139 Å². The van der Waals surface area contributed by atoms with Crippen molar-refractivity contribution in [3.63, 3.8) is 0 Å². The number of fused-ring (bicyclic) bond motifs is 1. The molecule has 2 aromatic heterocycles. The zero-order valence-corrected chi connectivity index (χ0v) is 14.5. The molecule has 2 amide bonds. The first-order valence-electron chi connectivity index (χ1n) is 7.21. The summed E-state index contributed by atoms with van der Waals surface area (Å²) in [5.41, 5.74) is 0.737. The van der Waals surface area contributed by atoms with Gasteiger partial charge in [0.1, 0.15) is 4.83 Å². The number of nitrogens with zero attached hydrogens (tertiary/aromatic N) is 3. The van der Waals surface area contributed by atoms with Crippen molar-refractivity contribution in [2.45, 2.75) is 13.0 Å². The Hall–Kier alpha value is -1.71. The minimum Gasteiger partial charge on any atom is -0.322 e. The number of amides is 2. The molecule has 1 aliphatic heterocycles. The maximum absolute atomic E-state index is 12.4. The molecule has 3 heterocycles. The van der Waals surface area contributed by atoms with Crippen LogP contribution in [0, 0.1) is 0 Å². The van der Waals surface area contributed by atoms with Crippen molar-refractivity contribution in [3.8, 4) is 0 Å². The first-order valence-corrected chi connectivity index (χ1v) is 9.94. The number of thiophene rings is 1. The lowest BCUT2D eigenvalue weighted by Gasteiger charge is -2.38. The van der Waals surface area contributed by atoms with Crippen LogP contribution in [0.25, 0.3) is 10.2 Å². The largest absolute Gasteiger partial charge is 0.322 e. The highest BCUT2D eigenvalue weighted by Gasteiger charge is 2.31. The van der Waals surface area contributed by atoms with E-state index < -0.39 is 10.0 Å². The van der Waals surface area contributed by atoms with Crippen LogP contribution in [0.3, 0.4) is 0 Å². The van der Waals surface area contributed by atoms with Crippen LogP contribution >= 0.6 is 11.3 Å². The van der Waals surface area contributed by atoms with Crippen LogP contribution in [0.5, 0.6) is 0 Å². The number of piperazine rings is 1. The highest BCUT2D eigenvalue weighted by Crippen LogP contribution is 2.28. The Morgan fingerprint density at radius 3 is 2.91 bits per heavy atom. The Kier molecular flexibility index (Phi) is 4.26. The second-order valence-corrected chi connectivity index (χ2v) is 8.40. The van der Waals surface area contributed by atoms with Crippen molar-refractivity contribution in [1.29, 1.82) is 0 Å². The van der Waals surface area contributed by atoms with Crippen LogP contribution in [-0.2, 0) is 10.0 Å². The van der Waals surface area contributed by atoms with Gasteiger partial charge in [-0.3, -0.25) is 0 Å². The molecule has 2 aromatic rings. The molecule has 0 saturated carbocycles. The van der Waals surface area contributed by atoms with E-state index in [1.807, 2.05) is 24.4 Å². The van der Waals surface area contributed by atoms with Crippen LogP contribution < -0.4 is 5.32 Å². The molecule has 0 bridgehead atoms. The summed E-state index contributed by atoms with van der Waals surface area (Å²) in [5, 5.41) is 5.68. The SMILES string of the molecule is C[C@H]1CN(C(=O)Nc2csc3ncccc23)CCN1S(C)(=O)=O. The van der Waals surface area contributed by atoms with E-state index in [9.17, 15) is 13.2 Å². The van der Waals surface area contributed by atoms with E-state index in [2.05, 4.69) is 10.3 Å². The van der Waals surface area contributed by atoms with Gasteiger partial charge in [-0.25, -0.2) is 18.2 Å². The predicted octanol–water partition coefficient (Wildman–Crippen LogP) is 1.79. The number of sulfonamides is 1. The number of urea groups is 1. The molecule has 0 aromatic carbocycles. The molecule has 1 fully saturated rings. The lowest BCUT2D eigenvalue weighted by atomic mass is 10.2. The molecule has 1 saturated heterocycles. The normalized spacial score (nSPS) is 19.9. The number of carbonyl (C=O) groups is 1. The van der Waals surface area contributed by atoms with Crippen LogP contribution in [0.15, 0.2) is 23.7 Å². The molecule has 1 N–H and O–H groups in total. The van der Waals surface area contributed by atoms with E-state index in [-0.39, 0.29) is 12.1 Å². The van der Waals surface area contributed by atoms with Gasteiger partial charge in [0.2, 0.25) is 10.0 Å². The van der Waals surface area contributed by atoms with Gasteiger partial charge in [-0.15, -0.1) is 11.3 Å². The molecule has 124 valence electrons. The van der Waals surface area contributed by atoms with Gasteiger partial charge in [-0.05, 0) is 19.1 Å². The first-order chi connectivity index (χ1) is 10.9. The number of hydrogen-bond donors (Lipinski definition) is 1. The van der Waals surface area contributed by atoms with E-state index in [0.29, 0.717) is 19.6 Å². The molecule has 1 atom stereocenters. The average Bonchev–Trinajstić information content (AvgIpc) is 2.89. The van der Waals surface area contributed by atoms with Crippen LogP contribution in [0.2, 0.25) is 0 Å². The molecular weight excluding hydrogens is 336 g/mol. The predicted molar refractivity (Wildman–Crippen MR) is 91.2 cm³/mol. The summed E-state index contributed by atoms with van der Waals surface area (Å²) in [6.45, 7) is 2.88. The number of hydrogen-bond acceptors (Lipinski definition) is 5. The van der Waals surface area contributed by atoms with Gasteiger partial charge in [0, 0.05) is 42.6 Å². The number of nitrogens with one attached hydrogen (secondary N) is 1. The molecule has 0 spiro atoms. The molecule has 3 rings (SSSR count). The summed E-state index contributed by atoms with van der Waals surface area (Å²) < 4.78 is 24.8. The van der Waals surface area contributed by atoms with Gasteiger partial charge in [0.05, 0.1) is 11.9 Å². The lowest BCUT2D eigenvalue weighted by molar-refractivity contribution is 0.157. The van der Waals surface area contributed by atoms with E-state index in [1.54, 1.807) is 11.1 Å². The minimum atomic E-state index is -3.23. The molecule has 23 heavy (non-hydrogen) atoms. The third kappa shape index (κ3) is 3.31. The van der Waals surface area contributed by atoms with Crippen LogP contribution in [-0.4, -0.2) is 60.6 Å². The number of aromatic nitrogens is 1. The van der Waals surface area contributed by atoms with Crippen LogP contribution in [0.1, 0.15) is 6.92 Å². The fourth-order valence-corrected chi connectivity index (χ4v) is 4.75.